The average molecular weight is 305 g/mol. The van der Waals surface area contributed by atoms with Crippen molar-refractivity contribution in [3.8, 4) is 5.75 Å². The number of nitrogens with one attached hydrogen (secondary N) is 2. The zero-order chi connectivity index (χ0) is 15.1. The number of ether oxygens (including phenoxy) is 1. The third kappa shape index (κ3) is 4.48. The number of rotatable bonds is 6. The Bertz CT molecular complexity index is 617. The molecule has 21 heavy (non-hydrogen) atoms. The number of amides is 1. The lowest BCUT2D eigenvalue weighted by Crippen LogP contribution is -2.21. The molecule has 0 aliphatic carbocycles. The maximum absolute atomic E-state index is 11.9. The number of para-hydroxylation sites is 2. The zero-order valence-electron chi connectivity index (χ0n) is 11.7. The minimum atomic E-state index is -0.248. The van der Waals surface area contributed by atoms with Crippen LogP contribution in [0.25, 0.3) is 0 Å². The van der Waals surface area contributed by atoms with E-state index in [1.807, 2.05) is 43.4 Å². The van der Waals surface area contributed by atoms with Crippen LogP contribution < -0.4 is 15.4 Å². The molecule has 2 aromatic rings. The Morgan fingerprint density at radius 2 is 1.86 bits per heavy atom. The molecule has 0 heterocycles. The minimum absolute atomic E-state index is 0.0635. The number of hydrogen-bond donors (Lipinski definition) is 2. The molecule has 0 spiro atoms. The predicted octanol–water partition coefficient (Wildman–Crippen LogP) is 3.08. The summed E-state index contributed by atoms with van der Waals surface area (Å²) in [5.74, 6) is 0.448. The van der Waals surface area contributed by atoms with Gasteiger partial charge in [0.1, 0.15) is 5.75 Å². The summed E-state index contributed by atoms with van der Waals surface area (Å²) in [6.45, 7) is 0.619. The summed E-state index contributed by atoms with van der Waals surface area (Å²) in [7, 11) is 1.86. The largest absolute Gasteiger partial charge is 0.483 e. The van der Waals surface area contributed by atoms with E-state index in [1.165, 1.54) is 0 Å². The molecule has 0 aliphatic rings. The minimum Gasteiger partial charge on any atom is -0.483 e. The van der Waals surface area contributed by atoms with Crippen molar-refractivity contribution < 1.29 is 9.53 Å². The summed E-state index contributed by atoms with van der Waals surface area (Å²) in [6.07, 6.45) is 0. The second kappa shape index (κ2) is 7.67. The molecule has 2 rings (SSSR count). The second-order valence-electron chi connectivity index (χ2n) is 4.45. The molecular weight excluding hydrogens is 288 g/mol. The molecule has 2 N–H and O–H groups in total. The third-order valence-corrected chi connectivity index (χ3v) is 3.18. The monoisotopic (exact) mass is 304 g/mol. The molecule has 110 valence electrons. The highest BCUT2D eigenvalue weighted by atomic mass is 35.5. The number of anilines is 1. The van der Waals surface area contributed by atoms with Crippen LogP contribution in [0.15, 0.2) is 48.5 Å². The summed E-state index contributed by atoms with van der Waals surface area (Å²) in [5.41, 5.74) is 1.59. The van der Waals surface area contributed by atoms with E-state index in [1.54, 1.807) is 12.1 Å². The fourth-order valence-corrected chi connectivity index (χ4v) is 2.06. The van der Waals surface area contributed by atoms with Crippen molar-refractivity contribution >= 4 is 23.2 Å². The number of halogens is 1. The van der Waals surface area contributed by atoms with Gasteiger partial charge < -0.3 is 15.4 Å². The first-order valence-corrected chi connectivity index (χ1v) is 6.98. The molecule has 1 amide bonds. The van der Waals surface area contributed by atoms with Crippen molar-refractivity contribution in [1.82, 2.24) is 5.32 Å². The first-order valence-electron chi connectivity index (χ1n) is 6.60. The van der Waals surface area contributed by atoms with Crippen LogP contribution in [0.3, 0.4) is 0 Å². The summed E-state index contributed by atoms with van der Waals surface area (Å²) in [4.78, 5) is 11.9. The van der Waals surface area contributed by atoms with Crippen LogP contribution in [0.2, 0.25) is 5.02 Å². The molecule has 0 saturated heterocycles. The number of benzene rings is 2. The van der Waals surface area contributed by atoms with Crippen molar-refractivity contribution in [2.24, 2.45) is 0 Å². The van der Waals surface area contributed by atoms with Gasteiger partial charge in [-0.1, -0.05) is 41.9 Å². The van der Waals surface area contributed by atoms with Crippen molar-refractivity contribution in [2.45, 2.75) is 6.54 Å². The van der Waals surface area contributed by atoms with Crippen molar-refractivity contribution in [3.05, 3.63) is 59.1 Å². The SMILES string of the molecule is CNCc1ccccc1OCC(=O)Nc1ccccc1Cl. The third-order valence-electron chi connectivity index (χ3n) is 2.85. The zero-order valence-corrected chi connectivity index (χ0v) is 12.5. The van der Waals surface area contributed by atoms with Gasteiger partial charge in [0.15, 0.2) is 6.61 Å². The van der Waals surface area contributed by atoms with Gasteiger partial charge in [-0.25, -0.2) is 0 Å². The Morgan fingerprint density at radius 3 is 2.62 bits per heavy atom. The van der Waals surface area contributed by atoms with E-state index >= 15 is 0 Å². The first-order chi connectivity index (χ1) is 10.2. The van der Waals surface area contributed by atoms with Crippen LogP contribution in [-0.2, 0) is 11.3 Å². The molecule has 0 unspecified atom stereocenters. The van der Waals surface area contributed by atoms with E-state index in [-0.39, 0.29) is 12.5 Å². The lowest BCUT2D eigenvalue weighted by Gasteiger charge is -2.11. The predicted molar refractivity (Wildman–Crippen MR) is 84.8 cm³/mol. The van der Waals surface area contributed by atoms with Gasteiger partial charge in [-0.2, -0.15) is 0 Å². The van der Waals surface area contributed by atoms with E-state index in [4.69, 9.17) is 16.3 Å². The highest BCUT2D eigenvalue weighted by molar-refractivity contribution is 6.33. The molecule has 4 nitrogen and oxygen atoms in total. The van der Waals surface area contributed by atoms with E-state index in [9.17, 15) is 4.79 Å². The lowest BCUT2D eigenvalue weighted by atomic mass is 10.2. The Kier molecular flexibility index (Phi) is 5.60. The average Bonchev–Trinajstić information content (AvgIpc) is 2.49. The Hall–Kier alpha value is -2.04. The highest BCUT2D eigenvalue weighted by Gasteiger charge is 2.08. The summed E-state index contributed by atoms with van der Waals surface area (Å²) in [5, 5.41) is 6.28. The van der Waals surface area contributed by atoms with E-state index in [0.717, 1.165) is 5.56 Å². The number of hydrogen-bond acceptors (Lipinski definition) is 3. The normalized spacial score (nSPS) is 10.2. The van der Waals surface area contributed by atoms with Crippen molar-refractivity contribution in [2.75, 3.05) is 19.0 Å². The van der Waals surface area contributed by atoms with Crippen molar-refractivity contribution in [3.63, 3.8) is 0 Å². The van der Waals surface area contributed by atoms with Gasteiger partial charge in [0.25, 0.3) is 5.91 Å². The molecular formula is C16H17ClN2O2. The Morgan fingerprint density at radius 1 is 1.14 bits per heavy atom. The summed E-state index contributed by atoms with van der Waals surface area (Å²) < 4.78 is 5.57. The van der Waals surface area contributed by atoms with Crippen LogP contribution in [-0.4, -0.2) is 19.6 Å². The molecule has 0 radical (unpaired) electrons. The summed E-state index contributed by atoms with van der Waals surface area (Å²) >= 11 is 5.99. The summed E-state index contributed by atoms with van der Waals surface area (Å²) in [6, 6.07) is 14.7. The molecule has 0 fully saturated rings. The van der Waals surface area contributed by atoms with Gasteiger partial charge in [-0.15, -0.1) is 0 Å². The number of carbonyl (C=O) groups is 1. The second-order valence-corrected chi connectivity index (χ2v) is 4.86. The fraction of sp³-hybridized carbons (Fsp3) is 0.188. The molecule has 0 atom stereocenters. The first kappa shape index (κ1) is 15.4. The van der Waals surface area contributed by atoms with E-state index in [0.29, 0.717) is 23.0 Å². The van der Waals surface area contributed by atoms with Gasteiger partial charge in [0.05, 0.1) is 10.7 Å². The van der Waals surface area contributed by atoms with Gasteiger partial charge in [0, 0.05) is 12.1 Å². The maximum Gasteiger partial charge on any atom is 0.262 e. The highest BCUT2D eigenvalue weighted by Crippen LogP contribution is 2.21. The molecule has 5 heteroatoms. The molecule has 0 bridgehead atoms. The van der Waals surface area contributed by atoms with Crippen LogP contribution in [0.1, 0.15) is 5.56 Å². The van der Waals surface area contributed by atoms with Gasteiger partial charge in [-0.05, 0) is 25.2 Å². The van der Waals surface area contributed by atoms with Gasteiger partial charge in [-0.3, -0.25) is 4.79 Å². The molecule has 0 aromatic heterocycles. The quantitative estimate of drug-likeness (QED) is 0.862. The van der Waals surface area contributed by atoms with Gasteiger partial charge in [0.2, 0.25) is 0 Å². The number of carbonyl (C=O) groups excluding carboxylic acids is 1. The van der Waals surface area contributed by atoms with Crippen LogP contribution >= 0.6 is 11.6 Å². The molecule has 0 aliphatic heterocycles. The van der Waals surface area contributed by atoms with E-state index in [2.05, 4.69) is 10.6 Å². The Balaban J connectivity index is 1.94. The smallest absolute Gasteiger partial charge is 0.262 e. The maximum atomic E-state index is 11.9. The molecule has 2 aromatic carbocycles. The topological polar surface area (TPSA) is 50.4 Å². The molecule has 0 saturated carbocycles. The van der Waals surface area contributed by atoms with Crippen molar-refractivity contribution in [1.29, 1.82) is 0 Å². The Labute approximate surface area is 129 Å². The van der Waals surface area contributed by atoms with Crippen LogP contribution in [0, 0.1) is 0 Å². The lowest BCUT2D eigenvalue weighted by molar-refractivity contribution is -0.118. The van der Waals surface area contributed by atoms with Crippen LogP contribution in [0.4, 0.5) is 5.69 Å². The van der Waals surface area contributed by atoms with E-state index < -0.39 is 0 Å². The van der Waals surface area contributed by atoms with Crippen LogP contribution in [0.5, 0.6) is 5.75 Å². The fourth-order valence-electron chi connectivity index (χ4n) is 1.87. The standard InChI is InChI=1S/C16H17ClN2O2/c1-18-10-12-6-2-5-9-15(12)21-11-16(20)19-14-8-4-3-7-13(14)17/h2-9,18H,10-11H2,1H3,(H,19,20). The van der Waals surface area contributed by atoms with Gasteiger partial charge >= 0.3 is 0 Å².